The predicted octanol–water partition coefficient (Wildman–Crippen LogP) is 1.79. The Labute approximate surface area is 105 Å². The van der Waals surface area contributed by atoms with Crippen LogP contribution < -0.4 is 5.32 Å². The van der Waals surface area contributed by atoms with Gasteiger partial charge >= 0.3 is 0 Å². The zero-order valence-corrected chi connectivity index (χ0v) is 10.4. The molecule has 1 saturated heterocycles. The standard InChI is InChI=1S/C13H16F2N2O/c1-8-6-16-7-9(2)17(8)13(18)10-3-11(14)5-12(15)4-10/h3-5,8-9,16H,6-7H2,1-2H3. The lowest BCUT2D eigenvalue weighted by Crippen LogP contribution is -2.57. The van der Waals surface area contributed by atoms with Crippen molar-refractivity contribution in [3.05, 3.63) is 35.4 Å². The zero-order valence-electron chi connectivity index (χ0n) is 10.4. The van der Waals surface area contributed by atoms with Gasteiger partial charge in [0.1, 0.15) is 11.6 Å². The van der Waals surface area contributed by atoms with Gasteiger partial charge in [-0.1, -0.05) is 0 Å². The fourth-order valence-corrected chi connectivity index (χ4v) is 2.36. The average Bonchev–Trinajstić information content (AvgIpc) is 2.27. The van der Waals surface area contributed by atoms with Crippen LogP contribution in [0.1, 0.15) is 24.2 Å². The van der Waals surface area contributed by atoms with Crippen LogP contribution in [0.5, 0.6) is 0 Å². The number of benzene rings is 1. The van der Waals surface area contributed by atoms with E-state index in [0.29, 0.717) is 13.1 Å². The van der Waals surface area contributed by atoms with Crippen LogP contribution in [0.15, 0.2) is 18.2 Å². The molecular formula is C13H16F2N2O. The van der Waals surface area contributed by atoms with Crippen molar-refractivity contribution >= 4 is 5.91 Å². The predicted molar refractivity (Wildman–Crippen MR) is 64.3 cm³/mol. The molecule has 2 atom stereocenters. The quantitative estimate of drug-likeness (QED) is 0.828. The first-order chi connectivity index (χ1) is 8.49. The van der Waals surface area contributed by atoms with Gasteiger partial charge in [-0.2, -0.15) is 0 Å². The molecule has 1 aliphatic heterocycles. The Hall–Kier alpha value is -1.49. The first-order valence-corrected chi connectivity index (χ1v) is 5.98. The van der Waals surface area contributed by atoms with Crippen molar-refractivity contribution in [1.82, 2.24) is 10.2 Å². The van der Waals surface area contributed by atoms with E-state index >= 15 is 0 Å². The third kappa shape index (κ3) is 2.51. The maximum Gasteiger partial charge on any atom is 0.254 e. The second-order valence-electron chi connectivity index (χ2n) is 4.73. The first kappa shape index (κ1) is 13.0. The van der Waals surface area contributed by atoms with Crippen LogP contribution in [0.3, 0.4) is 0 Å². The topological polar surface area (TPSA) is 32.3 Å². The molecule has 1 N–H and O–H groups in total. The van der Waals surface area contributed by atoms with Crippen molar-refractivity contribution in [2.45, 2.75) is 25.9 Å². The number of rotatable bonds is 1. The fraction of sp³-hybridized carbons (Fsp3) is 0.462. The molecule has 1 amide bonds. The Morgan fingerprint density at radius 1 is 1.17 bits per heavy atom. The molecule has 0 aromatic heterocycles. The molecule has 3 nitrogen and oxygen atoms in total. The molecule has 98 valence electrons. The van der Waals surface area contributed by atoms with E-state index in [2.05, 4.69) is 5.32 Å². The summed E-state index contributed by atoms with van der Waals surface area (Å²) in [6.45, 7) is 5.20. The molecule has 0 spiro atoms. The van der Waals surface area contributed by atoms with Gasteiger partial charge in [-0.15, -0.1) is 0 Å². The van der Waals surface area contributed by atoms with E-state index in [1.165, 1.54) is 0 Å². The maximum absolute atomic E-state index is 13.1. The minimum absolute atomic E-state index is 0.00702. The Morgan fingerprint density at radius 2 is 1.67 bits per heavy atom. The minimum Gasteiger partial charge on any atom is -0.331 e. The third-order valence-corrected chi connectivity index (χ3v) is 3.17. The Morgan fingerprint density at radius 3 is 2.17 bits per heavy atom. The summed E-state index contributed by atoms with van der Waals surface area (Å²) in [5, 5.41) is 3.20. The van der Waals surface area contributed by atoms with Gasteiger partial charge < -0.3 is 10.2 Å². The summed E-state index contributed by atoms with van der Waals surface area (Å²) in [5.74, 6) is -1.78. The average molecular weight is 254 g/mol. The van der Waals surface area contributed by atoms with Gasteiger partial charge in [-0.25, -0.2) is 8.78 Å². The largest absolute Gasteiger partial charge is 0.331 e. The van der Waals surface area contributed by atoms with Crippen LogP contribution in [-0.2, 0) is 0 Å². The van der Waals surface area contributed by atoms with Crippen LogP contribution in [-0.4, -0.2) is 36.0 Å². The normalized spacial score (nSPS) is 24.1. The zero-order chi connectivity index (χ0) is 13.3. The highest BCUT2D eigenvalue weighted by Crippen LogP contribution is 2.16. The van der Waals surface area contributed by atoms with Crippen molar-refractivity contribution in [3.8, 4) is 0 Å². The molecule has 1 aromatic carbocycles. The van der Waals surface area contributed by atoms with Gasteiger partial charge in [0, 0.05) is 36.8 Å². The maximum atomic E-state index is 13.1. The monoisotopic (exact) mass is 254 g/mol. The van der Waals surface area contributed by atoms with E-state index in [1.54, 1.807) is 4.90 Å². The number of hydrogen-bond donors (Lipinski definition) is 1. The molecule has 2 unspecified atom stereocenters. The molecule has 2 rings (SSSR count). The van der Waals surface area contributed by atoms with Gasteiger partial charge in [0.25, 0.3) is 5.91 Å². The van der Waals surface area contributed by atoms with Crippen LogP contribution in [0.4, 0.5) is 8.78 Å². The number of carbonyl (C=O) groups is 1. The Balaban J connectivity index is 2.29. The second kappa shape index (κ2) is 5.02. The molecule has 18 heavy (non-hydrogen) atoms. The second-order valence-corrected chi connectivity index (χ2v) is 4.73. The lowest BCUT2D eigenvalue weighted by Gasteiger charge is -2.39. The van der Waals surface area contributed by atoms with Crippen LogP contribution in [0.25, 0.3) is 0 Å². The molecular weight excluding hydrogens is 238 g/mol. The summed E-state index contributed by atoms with van der Waals surface area (Å²) in [6, 6.07) is 2.93. The van der Waals surface area contributed by atoms with E-state index < -0.39 is 11.6 Å². The van der Waals surface area contributed by atoms with Crippen molar-refractivity contribution in [1.29, 1.82) is 0 Å². The first-order valence-electron chi connectivity index (χ1n) is 5.98. The molecule has 0 saturated carbocycles. The molecule has 1 fully saturated rings. The highest BCUT2D eigenvalue weighted by Gasteiger charge is 2.29. The fourth-order valence-electron chi connectivity index (χ4n) is 2.36. The van der Waals surface area contributed by atoms with Crippen molar-refractivity contribution in [2.24, 2.45) is 0 Å². The number of hydrogen-bond acceptors (Lipinski definition) is 2. The molecule has 5 heteroatoms. The number of piperazine rings is 1. The molecule has 1 aromatic rings. The van der Waals surface area contributed by atoms with Gasteiger partial charge in [-0.05, 0) is 26.0 Å². The number of carbonyl (C=O) groups excluding carboxylic acids is 1. The van der Waals surface area contributed by atoms with Crippen LogP contribution >= 0.6 is 0 Å². The van der Waals surface area contributed by atoms with Gasteiger partial charge in [-0.3, -0.25) is 4.79 Å². The third-order valence-electron chi connectivity index (χ3n) is 3.17. The summed E-state index contributed by atoms with van der Waals surface area (Å²) in [6.07, 6.45) is 0. The van der Waals surface area contributed by atoms with E-state index in [0.717, 1.165) is 18.2 Å². The van der Waals surface area contributed by atoms with E-state index in [4.69, 9.17) is 0 Å². The van der Waals surface area contributed by atoms with Crippen molar-refractivity contribution in [3.63, 3.8) is 0 Å². The smallest absolute Gasteiger partial charge is 0.254 e. The molecule has 0 aliphatic carbocycles. The highest BCUT2D eigenvalue weighted by molar-refractivity contribution is 5.94. The summed E-state index contributed by atoms with van der Waals surface area (Å²) >= 11 is 0. The lowest BCUT2D eigenvalue weighted by atomic mass is 10.1. The van der Waals surface area contributed by atoms with E-state index in [9.17, 15) is 13.6 Å². The van der Waals surface area contributed by atoms with Crippen LogP contribution in [0.2, 0.25) is 0 Å². The molecule has 0 bridgehead atoms. The number of amides is 1. The van der Waals surface area contributed by atoms with Crippen molar-refractivity contribution in [2.75, 3.05) is 13.1 Å². The molecule has 1 aliphatic rings. The molecule has 1 heterocycles. The van der Waals surface area contributed by atoms with Gasteiger partial charge in [0.15, 0.2) is 0 Å². The number of halogens is 2. The summed E-state index contributed by atoms with van der Waals surface area (Å²) in [5.41, 5.74) is 0.0631. The summed E-state index contributed by atoms with van der Waals surface area (Å²) in [4.78, 5) is 14.0. The van der Waals surface area contributed by atoms with Crippen LogP contribution in [0, 0.1) is 11.6 Å². The number of nitrogens with one attached hydrogen (secondary N) is 1. The Bertz CT molecular complexity index is 434. The molecule has 0 radical (unpaired) electrons. The lowest BCUT2D eigenvalue weighted by molar-refractivity contribution is 0.0543. The summed E-state index contributed by atoms with van der Waals surface area (Å²) < 4.78 is 26.3. The van der Waals surface area contributed by atoms with E-state index in [1.807, 2.05) is 13.8 Å². The summed E-state index contributed by atoms with van der Waals surface area (Å²) in [7, 11) is 0. The highest BCUT2D eigenvalue weighted by atomic mass is 19.1. The van der Waals surface area contributed by atoms with E-state index in [-0.39, 0.29) is 23.6 Å². The van der Waals surface area contributed by atoms with Gasteiger partial charge in [0.05, 0.1) is 0 Å². The number of nitrogens with zero attached hydrogens (tertiary/aromatic N) is 1. The van der Waals surface area contributed by atoms with Crippen molar-refractivity contribution < 1.29 is 13.6 Å². The Kier molecular flexibility index (Phi) is 3.61. The minimum atomic E-state index is -0.728. The van der Waals surface area contributed by atoms with Gasteiger partial charge in [0.2, 0.25) is 0 Å². The SMILES string of the molecule is CC1CNCC(C)N1C(=O)c1cc(F)cc(F)c1.